The summed E-state index contributed by atoms with van der Waals surface area (Å²) in [5.74, 6) is 1.12. The van der Waals surface area contributed by atoms with Gasteiger partial charge < -0.3 is 11.1 Å². The van der Waals surface area contributed by atoms with Crippen molar-refractivity contribution in [1.29, 1.82) is 0 Å². The molecule has 0 aliphatic heterocycles. The first-order valence-corrected chi connectivity index (χ1v) is 8.04. The van der Waals surface area contributed by atoms with Gasteiger partial charge in [0.15, 0.2) is 5.82 Å². The van der Waals surface area contributed by atoms with Crippen LogP contribution < -0.4 is 11.1 Å². The third kappa shape index (κ3) is 3.14. The van der Waals surface area contributed by atoms with E-state index in [1.54, 1.807) is 0 Å². The van der Waals surface area contributed by atoms with E-state index in [-0.39, 0.29) is 0 Å². The second-order valence-electron chi connectivity index (χ2n) is 6.00. The van der Waals surface area contributed by atoms with Crippen LogP contribution in [0.3, 0.4) is 0 Å². The second-order valence-corrected chi connectivity index (χ2v) is 6.00. The monoisotopic (exact) mass is 330 g/mol. The zero-order valence-corrected chi connectivity index (χ0v) is 13.8. The van der Waals surface area contributed by atoms with Gasteiger partial charge in [-0.2, -0.15) is 5.10 Å². The van der Waals surface area contributed by atoms with E-state index in [1.807, 2.05) is 30.6 Å². The fourth-order valence-corrected chi connectivity index (χ4v) is 2.68. The van der Waals surface area contributed by atoms with Gasteiger partial charge in [0, 0.05) is 29.9 Å². The van der Waals surface area contributed by atoms with E-state index in [0.29, 0.717) is 18.3 Å². The summed E-state index contributed by atoms with van der Waals surface area (Å²) in [7, 11) is 0. The first-order valence-electron chi connectivity index (χ1n) is 8.04. The molecule has 25 heavy (non-hydrogen) atoms. The molecule has 0 unspecified atom stereocenters. The average Bonchev–Trinajstić information content (AvgIpc) is 3.02. The molecule has 0 saturated carbocycles. The molecule has 6 heteroatoms. The summed E-state index contributed by atoms with van der Waals surface area (Å²) in [5.41, 5.74) is 11.1. The van der Waals surface area contributed by atoms with Gasteiger partial charge in [0.2, 0.25) is 5.95 Å². The number of H-pyrrole nitrogens is 1. The lowest BCUT2D eigenvalue weighted by Crippen LogP contribution is -2.03. The molecule has 2 aromatic carbocycles. The Balaban J connectivity index is 1.49. The summed E-state index contributed by atoms with van der Waals surface area (Å²) in [6, 6.07) is 14.3. The molecule has 0 amide bonds. The van der Waals surface area contributed by atoms with Crippen molar-refractivity contribution in [3.8, 4) is 11.1 Å². The molecule has 2 aromatic heterocycles. The molecule has 0 bridgehead atoms. The Morgan fingerprint density at radius 3 is 2.52 bits per heavy atom. The summed E-state index contributed by atoms with van der Waals surface area (Å²) in [4.78, 5) is 8.80. The Morgan fingerprint density at radius 2 is 1.76 bits per heavy atom. The molecule has 4 N–H and O–H groups in total. The van der Waals surface area contributed by atoms with Crippen molar-refractivity contribution in [3.63, 3.8) is 0 Å². The van der Waals surface area contributed by atoms with E-state index in [1.165, 1.54) is 11.1 Å². The van der Waals surface area contributed by atoms with Crippen LogP contribution in [0, 0.1) is 6.92 Å². The number of hydrogen-bond acceptors (Lipinski definition) is 5. The SMILES string of the molecule is Cc1ccc(CNc2ncc(-c3ccc4c(N)n[nH]c4c3)cn2)cc1. The molecule has 0 fully saturated rings. The fraction of sp³-hybridized carbons (Fsp3) is 0.105. The van der Waals surface area contributed by atoms with Gasteiger partial charge in [-0.05, 0) is 30.2 Å². The number of aromatic nitrogens is 4. The molecule has 0 saturated heterocycles. The Morgan fingerprint density at radius 1 is 1.00 bits per heavy atom. The highest BCUT2D eigenvalue weighted by atomic mass is 15.1. The molecule has 2 heterocycles. The highest BCUT2D eigenvalue weighted by Gasteiger charge is 2.06. The van der Waals surface area contributed by atoms with Crippen LogP contribution in [-0.2, 0) is 6.54 Å². The first-order chi connectivity index (χ1) is 12.2. The molecule has 4 aromatic rings. The topological polar surface area (TPSA) is 92.5 Å². The van der Waals surface area contributed by atoms with Crippen molar-refractivity contribution in [1.82, 2.24) is 20.2 Å². The van der Waals surface area contributed by atoms with Gasteiger partial charge in [-0.3, -0.25) is 5.10 Å². The van der Waals surface area contributed by atoms with E-state index in [9.17, 15) is 0 Å². The van der Waals surface area contributed by atoms with Crippen LogP contribution in [0.15, 0.2) is 54.9 Å². The average molecular weight is 330 g/mol. The first kappa shape index (κ1) is 15.1. The number of anilines is 2. The minimum absolute atomic E-state index is 0.508. The second kappa shape index (κ2) is 6.24. The smallest absolute Gasteiger partial charge is 0.222 e. The third-order valence-electron chi connectivity index (χ3n) is 4.15. The van der Waals surface area contributed by atoms with E-state index in [4.69, 9.17) is 5.73 Å². The standard InChI is InChI=1S/C19H18N6/c1-12-2-4-13(5-3-12)9-21-19-22-10-15(11-23-19)14-6-7-16-17(8-14)24-25-18(16)20/h2-8,10-11H,9H2,1H3,(H3,20,24,25)(H,21,22,23). The van der Waals surface area contributed by atoms with Crippen LogP contribution in [0.1, 0.15) is 11.1 Å². The molecule has 0 spiro atoms. The number of benzene rings is 2. The lowest BCUT2D eigenvalue weighted by Gasteiger charge is -2.06. The summed E-state index contributed by atoms with van der Waals surface area (Å²) >= 11 is 0. The number of hydrogen-bond donors (Lipinski definition) is 3. The van der Waals surface area contributed by atoms with Crippen molar-refractivity contribution in [3.05, 3.63) is 66.0 Å². The van der Waals surface area contributed by atoms with Crippen molar-refractivity contribution in [2.75, 3.05) is 11.1 Å². The van der Waals surface area contributed by atoms with Crippen molar-refractivity contribution >= 4 is 22.7 Å². The molecule has 4 rings (SSSR count). The molecular weight excluding hydrogens is 312 g/mol. The van der Waals surface area contributed by atoms with Gasteiger partial charge in [-0.1, -0.05) is 35.9 Å². The minimum Gasteiger partial charge on any atom is -0.382 e. The quantitative estimate of drug-likeness (QED) is 0.532. The molecule has 0 aliphatic carbocycles. The van der Waals surface area contributed by atoms with Crippen molar-refractivity contribution in [2.45, 2.75) is 13.5 Å². The van der Waals surface area contributed by atoms with E-state index in [0.717, 1.165) is 22.0 Å². The van der Waals surface area contributed by atoms with Gasteiger partial charge in [0.25, 0.3) is 0 Å². The predicted molar refractivity (Wildman–Crippen MR) is 100 cm³/mol. The number of fused-ring (bicyclic) bond motifs is 1. The highest BCUT2D eigenvalue weighted by molar-refractivity contribution is 5.91. The largest absolute Gasteiger partial charge is 0.382 e. The maximum Gasteiger partial charge on any atom is 0.222 e. The molecule has 124 valence electrons. The number of rotatable bonds is 4. The normalized spacial score (nSPS) is 10.9. The maximum atomic E-state index is 5.80. The third-order valence-corrected chi connectivity index (χ3v) is 4.15. The van der Waals surface area contributed by atoms with Gasteiger partial charge in [0.05, 0.1) is 5.52 Å². The number of nitrogens with one attached hydrogen (secondary N) is 2. The van der Waals surface area contributed by atoms with E-state index < -0.39 is 0 Å². The van der Waals surface area contributed by atoms with Crippen LogP contribution in [0.5, 0.6) is 0 Å². The van der Waals surface area contributed by atoms with Crippen LogP contribution in [0.25, 0.3) is 22.0 Å². The van der Waals surface area contributed by atoms with Crippen LogP contribution >= 0.6 is 0 Å². The minimum atomic E-state index is 0.508. The zero-order valence-electron chi connectivity index (χ0n) is 13.8. The van der Waals surface area contributed by atoms with Crippen molar-refractivity contribution < 1.29 is 0 Å². The summed E-state index contributed by atoms with van der Waals surface area (Å²) in [6.45, 7) is 2.77. The van der Waals surface area contributed by atoms with Crippen molar-refractivity contribution in [2.24, 2.45) is 0 Å². The van der Waals surface area contributed by atoms with E-state index >= 15 is 0 Å². The van der Waals surface area contributed by atoms with Crippen LogP contribution in [-0.4, -0.2) is 20.2 Å². The molecule has 6 nitrogen and oxygen atoms in total. The Hall–Kier alpha value is -3.41. The van der Waals surface area contributed by atoms with Gasteiger partial charge in [-0.15, -0.1) is 0 Å². The van der Waals surface area contributed by atoms with Gasteiger partial charge >= 0.3 is 0 Å². The Labute approximate surface area is 145 Å². The molecule has 0 radical (unpaired) electrons. The zero-order chi connectivity index (χ0) is 17.2. The highest BCUT2D eigenvalue weighted by Crippen LogP contribution is 2.25. The van der Waals surface area contributed by atoms with Gasteiger partial charge in [0.1, 0.15) is 0 Å². The predicted octanol–water partition coefficient (Wildman–Crippen LogP) is 3.52. The van der Waals surface area contributed by atoms with Crippen LogP contribution in [0.2, 0.25) is 0 Å². The van der Waals surface area contributed by atoms with Gasteiger partial charge in [-0.25, -0.2) is 9.97 Å². The molecule has 0 aliphatic rings. The summed E-state index contributed by atoms with van der Waals surface area (Å²) in [6.07, 6.45) is 3.62. The lowest BCUT2D eigenvalue weighted by molar-refractivity contribution is 1.05. The number of aromatic amines is 1. The van der Waals surface area contributed by atoms with Crippen LogP contribution in [0.4, 0.5) is 11.8 Å². The number of nitrogen functional groups attached to an aromatic ring is 1. The number of nitrogens with zero attached hydrogens (tertiary/aromatic N) is 3. The number of aryl methyl sites for hydroxylation is 1. The summed E-state index contributed by atoms with van der Waals surface area (Å²) < 4.78 is 0. The van der Waals surface area contributed by atoms with E-state index in [2.05, 4.69) is 56.7 Å². The fourth-order valence-electron chi connectivity index (χ4n) is 2.68. The summed E-state index contributed by atoms with van der Waals surface area (Å²) in [5, 5.41) is 11.1. The Bertz CT molecular complexity index is 1000. The lowest BCUT2D eigenvalue weighted by atomic mass is 10.1. The molecule has 0 atom stereocenters. The molecular formula is C19H18N6. The maximum absolute atomic E-state index is 5.80. The Kier molecular flexibility index (Phi) is 3.78. The number of nitrogens with two attached hydrogens (primary N) is 1.